The normalized spacial score (nSPS) is 16.6. The fourth-order valence-electron chi connectivity index (χ4n) is 4.58. The van der Waals surface area contributed by atoms with Gasteiger partial charge in [-0.3, -0.25) is 0 Å². The lowest BCUT2D eigenvalue weighted by molar-refractivity contribution is 0.509. The van der Waals surface area contributed by atoms with Crippen molar-refractivity contribution in [2.45, 2.75) is 52.4 Å². The fraction of sp³-hybridized carbons (Fsp3) is 0.321. The van der Waals surface area contributed by atoms with Gasteiger partial charge in [-0.05, 0) is 58.9 Å². The molecule has 0 spiro atoms. The second kappa shape index (κ2) is 7.35. The van der Waals surface area contributed by atoms with Crippen molar-refractivity contribution in [2.24, 2.45) is 5.92 Å². The predicted molar refractivity (Wildman–Crippen MR) is 130 cm³/mol. The molecular formula is C28H29NS. The first-order chi connectivity index (χ1) is 14.4. The molecule has 0 amide bonds. The lowest BCUT2D eigenvalue weighted by Crippen LogP contribution is -2.10. The molecule has 0 saturated carbocycles. The SMILES string of the molecule is CC1CCc2c(sc3nc(-c4ccc(C(C)(C)C)cc4)cc(-c4ccccc4)c23)C1. The summed E-state index contributed by atoms with van der Waals surface area (Å²) in [6.07, 6.45) is 3.65. The summed E-state index contributed by atoms with van der Waals surface area (Å²) in [7, 11) is 0. The van der Waals surface area contributed by atoms with E-state index in [4.69, 9.17) is 4.98 Å². The van der Waals surface area contributed by atoms with Gasteiger partial charge in [0, 0.05) is 15.8 Å². The van der Waals surface area contributed by atoms with E-state index in [0.29, 0.717) is 0 Å². The van der Waals surface area contributed by atoms with Crippen LogP contribution < -0.4 is 0 Å². The fourth-order valence-corrected chi connectivity index (χ4v) is 5.99. The molecule has 2 heterocycles. The molecule has 0 radical (unpaired) electrons. The Hall–Kier alpha value is -2.45. The van der Waals surface area contributed by atoms with Crippen LogP contribution in [0, 0.1) is 5.92 Å². The average Bonchev–Trinajstić information content (AvgIpc) is 3.10. The average molecular weight is 412 g/mol. The summed E-state index contributed by atoms with van der Waals surface area (Å²) in [6, 6.07) is 22.1. The van der Waals surface area contributed by atoms with E-state index in [0.717, 1.165) is 11.6 Å². The zero-order chi connectivity index (χ0) is 20.9. The van der Waals surface area contributed by atoms with E-state index in [9.17, 15) is 0 Å². The minimum Gasteiger partial charge on any atom is -0.237 e. The molecule has 1 aliphatic rings. The third kappa shape index (κ3) is 3.48. The van der Waals surface area contributed by atoms with Crippen LogP contribution in [-0.4, -0.2) is 4.98 Å². The first kappa shape index (κ1) is 19.5. The number of thiophene rings is 1. The lowest BCUT2D eigenvalue weighted by atomic mass is 9.86. The Balaban J connectivity index is 1.71. The summed E-state index contributed by atoms with van der Waals surface area (Å²) in [6.45, 7) is 9.16. The van der Waals surface area contributed by atoms with Crippen molar-refractivity contribution in [1.29, 1.82) is 0 Å². The second-order valence-corrected chi connectivity index (χ2v) is 10.9. The maximum absolute atomic E-state index is 5.17. The molecule has 0 bridgehead atoms. The van der Waals surface area contributed by atoms with Gasteiger partial charge in [0.2, 0.25) is 0 Å². The van der Waals surface area contributed by atoms with Crippen LogP contribution in [0.5, 0.6) is 0 Å². The van der Waals surface area contributed by atoms with Crippen LogP contribution in [0.25, 0.3) is 32.6 Å². The van der Waals surface area contributed by atoms with Crippen molar-refractivity contribution in [3.05, 3.63) is 76.7 Å². The number of rotatable bonds is 2. The molecule has 0 aliphatic heterocycles. The molecule has 30 heavy (non-hydrogen) atoms. The summed E-state index contributed by atoms with van der Waals surface area (Å²) >= 11 is 1.92. The summed E-state index contributed by atoms with van der Waals surface area (Å²) in [4.78, 5) is 7.92. The molecule has 1 atom stereocenters. The van der Waals surface area contributed by atoms with E-state index >= 15 is 0 Å². The number of aryl methyl sites for hydroxylation is 1. The molecule has 2 aromatic heterocycles. The molecule has 0 N–H and O–H groups in total. The quantitative estimate of drug-likeness (QED) is 0.325. The van der Waals surface area contributed by atoms with Gasteiger partial charge in [-0.25, -0.2) is 4.98 Å². The van der Waals surface area contributed by atoms with Gasteiger partial charge in [0.25, 0.3) is 0 Å². The van der Waals surface area contributed by atoms with Crippen LogP contribution in [0.2, 0.25) is 0 Å². The highest BCUT2D eigenvalue weighted by atomic mass is 32.1. The Morgan fingerprint density at radius 2 is 1.67 bits per heavy atom. The van der Waals surface area contributed by atoms with E-state index in [1.807, 2.05) is 11.3 Å². The van der Waals surface area contributed by atoms with E-state index in [1.54, 1.807) is 10.4 Å². The summed E-state index contributed by atoms with van der Waals surface area (Å²) in [5, 5.41) is 1.39. The number of fused-ring (bicyclic) bond motifs is 3. The highest BCUT2D eigenvalue weighted by Crippen LogP contribution is 2.43. The molecule has 1 nitrogen and oxygen atoms in total. The molecule has 2 aromatic carbocycles. The predicted octanol–water partition coefficient (Wildman–Crippen LogP) is 8.05. The molecule has 0 fully saturated rings. The van der Waals surface area contributed by atoms with Crippen LogP contribution >= 0.6 is 11.3 Å². The van der Waals surface area contributed by atoms with E-state index in [-0.39, 0.29) is 5.41 Å². The van der Waals surface area contributed by atoms with Crippen molar-refractivity contribution in [2.75, 3.05) is 0 Å². The Kier molecular flexibility index (Phi) is 4.78. The van der Waals surface area contributed by atoms with Gasteiger partial charge in [0.05, 0.1) is 5.69 Å². The zero-order valence-electron chi connectivity index (χ0n) is 18.3. The number of benzene rings is 2. The molecule has 152 valence electrons. The maximum Gasteiger partial charge on any atom is 0.125 e. The number of aromatic nitrogens is 1. The Morgan fingerprint density at radius 3 is 2.37 bits per heavy atom. The first-order valence-electron chi connectivity index (χ1n) is 11.0. The van der Waals surface area contributed by atoms with Crippen molar-refractivity contribution in [3.63, 3.8) is 0 Å². The Morgan fingerprint density at radius 1 is 0.933 bits per heavy atom. The minimum absolute atomic E-state index is 0.161. The maximum atomic E-state index is 5.17. The first-order valence-corrected chi connectivity index (χ1v) is 11.8. The summed E-state index contributed by atoms with van der Waals surface area (Å²) < 4.78 is 0. The van der Waals surface area contributed by atoms with Gasteiger partial charge in [-0.2, -0.15) is 0 Å². The highest BCUT2D eigenvalue weighted by Gasteiger charge is 2.24. The number of nitrogens with zero attached hydrogens (tertiary/aromatic N) is 1. The van der Waals surface area contributed by atoms with Gasteiger partial charge in [0.1, 0.15) is 4.83 Å². The number of pyridine rings is 1. The molecule has 0 saturated heterocycles. The van der Waals surface area contributed by atoms with E-state index in [2.05, 4.69) is 88.4 Å². The molecule has 5 rings (SSSR count). The van der Waals surface area contributed by atoms with Crippen LogP contribution in [0.4, 0.5) is 0 Å². The van der Waals surface area contributed by atoms with Crippen LogP contribution in [0.3, 0.4) is 0 Å². The lowest BCUT2D eigenvalue weighted by Gasteiger charge is -2.19. The van der Waals surface area contributed by atoms with E-state index < -0.39 is 0 Å². The monoisotopic (exact) mass is 411 g/mol. The van der Waals surface area contributed by atoms with Crippen molar-refractivity contribution >= 4 is 21.6 Å². The van der Waals surface area contributed by atoms with Gasteiger partial charge in [0.15, 0.2) is 0 Å². The molecule has 2 heteroatoms. The second-order valence-electron chi connectivity index (χ2n) is 9.78. The summed E-state index contributed by atoms with van der Waals surface area (Å²) in [5.41, 5.74) is 7.97. The van der Waals surface area contributed by atoms with Crippen LogP contribution in [0.15, 0.2) is 60.7 Å². The highest BCUT2D eigenvalue weighted by molar-refractivity contribution is 7.19. The van der Waals surface area contributed by atoms with Gasteiger partial charge < -0.3 is 0 Å². The smallest absolute Gasteiger partial charge is 0.125 e. The van der Waals surface area contributed by atoms with E-state index in [1.165, 1.54) is 51.7 Å². The number of hydrogen-bond acceptors (Lipinski definition) is 2. The van der Waals surface area contributed by atoms with Crippen LogP contribution in [-0.2, 0) is 18.3 Å². The topological polar surface area (TPSA) is 12.9 Å². The van der Waals surface area contributed by atoms with Gasteiger partial charge >= 0.3 is 0 Å². The molecule has 4 aromatic rings. The molecule has 1 aliphatic carbocycles. The standard InChI is InChI=1S/C28H29NS/c1-18-10-15-22-25(16-18)30-27-26(22)23(19-8-6-5-7-9-19)17-24(29-27)20-11-13-21(14-12-20)28(2,3)4/h5-9,11-14,17-18H,10,15-16H2,1-4H3. The molecular weight excluding hydrogens is 382 g/mol. The summed E-state index contributed by atoms with van der Waals surface area (Å²) in [5.74, 6) is 0.773. The van der Waals surface area contributed by atoms with Crippen molar-refractivity contribution in [1.82, 2.24) is 4.98 Å². The minimum atomic E-state index is 0.161. The Bertz CT molecular complexity index is 1190. The molecule has 1 unspecified atom stereocenters. The Labute approximate surface area is 183 Å². The third-order valence-corrected chi connectivity index (χ3v) is 7.55. The van der Waals surface area contributed by atoms with Crippen LogP contribution in [0.1, 0.15) is 50.1 Å². The third-order valence-electron chi connectivity index (χ3n) is 6.40. The van der Waals surface area contributed by atoms with Crippen molar-refractivity contribution in [3.8, 4) is 22.4 Å². The van der Waals surface area contributed by atoms with Gasteiger partial charge in [-0.15, -0.1) is 11.3 Å². The zero-order valence-corrected chi connectivity index (χ0v) is 19.1. The van der Waals surface area contributed by atoms with Gasteiger partial charge in [-0.1, -0.05) is 82.3 Å². The largest absolute Gasteiger partial charge is 0.237 e. The number of hydrogen-bond donors (Lipinski definition) is 0. The van der Waals surface area contributed by atoms with Crippen molar-refractivity contribution < 1.29 is 0 Å².